The quantitative estimate of drug-likeness (QED) is 0.0735. The molecule has 5 aromatic rings. The molecule has 0 aromatic heterocycles. The van der Waals surface area contributed by atoms with E-state index in [2.05, 4.69) is 22.9 Å². The minimum atomic E-state index is -0.951. The van der Waals surface area contributed by atoms with Crippen molar-refractivity contribution in [2.24, 2.45) is 0 Å². The lowest BCUT2D eigenvalue weighted by atomic mass is 10.1. The summed E-state index contributed by atoms with van der Waals surface area (Å²) in [6.45, 7) is 3.24. The van der Waals surface area contributed by atoms with Crippen molar-refractivity contribution < 1.29 is 29.0 Å². The van der Waals surface area contributed by atoms with Gasteiger partial charge in [0.25, 0.3) is 0 Å². The fourth-order valence-corrected chi connectivity index (χ4v) is 5.26. The number of hydrogen-bond donors (Lipinski definition) is 4. The van der Waals surface area contributed by atoms with Gasteiger partial charge in [-0.2, -0.15) is 0 Å². The molecule has 5 rings (SSSR count). The molecule has 0 heterocycles. The number of nitrogens with one attached hydrogen (secondary N) is 3. The fraction of sp³-hybridized carbons (Fsp3) is 0.195. The summed E-state index contributed by atoms with van der Waals surface area (Å²) >= 11 is 0. The molecule has 1 atom stereocenters. The zero-order chi connectivity index (χ0) is 35.8. The van der Waals surface area contributed by atoms with Crippen molar-refractivity contribution >= 4 is 29.2 Å². The Labute approximate surface area is 298 Å². The topological polar surface area (TPSA) is 129 Å². The fourth-order valence-electron chi connectivity index (χ4n) is 5.26. The molecule has 0 radical (unpaired) electrons. The summed E-state index contributed by atoms with van der Waals surface area (Å²) in [5.41, 5.74) is 2.48. The summed E-state index contributed by atoms with van der Waals surface area (Å²) in [6.07, 6.45) is 1.54. The Kier molecular flexibility index (Phi) is 13.3. The molecule has 1 unspecified atom stereocenters. The van der Waals surface area contributed by atoms with Gasteiger partial charge in [0, 0.05) is 24.0 Å². The van der Waals surface area contributed by atoms with Crippen LogP contribution in [-0.4, -0.2) is 53.5 Å². The number of carbonyl (C=O) groups is 3. The zero-order valence-corrected chi connectivity index (χ0v) is 28.5. The molecule has 0 aliphatic heterocycles. The largest absolute Gasteiger partial charge is 0.478 e. The molecule has 0 bridgehead atoms. The minimum Gasteiger partial charge on any atom is -0.478 e. The van der Waals surface area contributed by atoms with E-state index in [-0.39, 0.29) is 36.5 Å². The minimum absolute atomic E-state index is 0.0251. The normalized spacial score (nSPS) is 11.4. The molecular weight excluding hydrogens is 644 g/mol. The Morgan fingerprint density at radius 2 is 1.08 bits per heavy atom. The predicted octanol–water partition coefficient (Wildman–Crippen LogP) is 7.81. The molecule has 0 aliphatic carbocycles. The second-order valence-corrected chi connectivity index (χ2v) is 12.1. The maximum Gasteiger partial charge on any atom is 0.335 e. The van der Waals surface area contributed by atoms with Gasteiger partial charge < -0.3 is 30.5 Å². The van der Waals surface area contributed by atoms with Crippen LogP contribution >= 0.6 is 0 Å². The lowest BCUT2D eigenvalue weighted by molar-refractivity contribution is -0.120. The Balaban J connectivity index is 1.14. The first-order valence-corrected chi connectivity index (χ1v) is 16.8. The third-order valence-corrected chi connectivity index (χ3v) is 7.94. The summed E-state index contributed by atoms with van der Waals surface area (Å²) in [5.74, 6) is 1.31. The monoisotopic (exact) mass is 686 g/mol. The van der Waals surface area contributed by atoms with Gasteiger partial charge in [0.15, 0.2) is 0 Å². The van der Waals surface area contributed by atoms with Gasteiger partial charge in [-0.3, -0.25) is 14.5 Å². The lowest BCUT2D eigenvalue weighted by Gasteiger charge is -2.22. The van der Waals surface area contributed by atoms with Gasteiger partial charge in [-0.25, -0.2) is 4.79 Å². The van der Waals surface area contributed by atoms with Gasteiger partial charge in [0.1, 0.15) is 23.0 Å². The SMILES string of the molecule is CC(CCCN(CC(=O)Nc1ccc(Oc2ccccc2)cc1)CC(=O)Nc1ccc(Oc2ccccc2)cc1)NCc1ccc(C(=O)O)cc1. The third kappa shape index (κ3) is 12.5. The number of nitrogens with zero attached hydrogens (tertiary/aromatic N) is 1. The van der Waals surface area contributed by atoms with Crippen LogP contribution in [0.1, 0.15) is 35.7 Å². The van der Waals surface area contributed by atoms with Crippen LogP contribution in [0, 0.1) is 0 Å². The van der Waals surface area contributed by atoms with Crippen molar-refractivity contribution in [3.8, 4) is 23.0 Å². The molecule has 0 saturated heterocycles. The Hall–Kier alpha value is -5.97. The first kappa shape index (κ1) is 36.3. The Morgan fingerprint density at radius 1 is 0.627 bits per heavy atom. The second kappa shape index (κ2) is 18.7. The van der Waals surface area contributed by atoms with Crippen LogP contribution in [0.3, 0.4) is 0 Å². The van der Waals surface area contributed by atoms with Crippen molar-refractivity contribution in [1.82, 2.24) is 10.2 Å². The number of para-hydroxylation sites is 2. The molecule has 10 heteroatoms. The van der Waals surface area contributed by atoms with E-state index in [0.29, 0.717) is 36.0 Å². The maximum atomic E-state index is 13.2. The van der Waals surface area contributed by atoms with Crippen LogP contribution in [0.4, 0.5) is 11.4 Å². The van der Waals surface area contributed by atoms with E-state index >= 15 is 0 Å². The van der Waals surface area contributed by atoms with Crippen LogP contribution in [0.15, 0.2) is 133 Å². The number of amides is 2. The Morgan fingerprint density at radius 3 is 1.53 bits per heavy atom. The van der Waals surface area contributed by atoms with E-state index in [9.17, 15) is 14.4 Å². The van der Waals surface area contributed by atoms with E-state index in [4.69, 9.17) is 14.6 Å². The van der Waals surface area contributed by atoms with Crippen LogP contribution < -0.4 is 25.4 Å². The second-order valence-electron chi connectivity index (χ2n) is 12.1. The summed E-state index contributed by atoms with van der Waals surface area (Å²) in [7, 11) is 0. The van der Waals surface area contributed by atoms with E-state index in [1.165, 1.54) is 0 Å². The molecule has 262 valence electrons. The van der Waals surface area contributed by atoms with Crippen LogP contribution in [0.5, 0.6) is 23.0 Å². The van der Waals surface area contributed by atoms with Crippen LogP contribution in [0.25, 0.3) is 0 Å². The van der Waals surface area contributed by atoms with Gasteiger partial charge in [0.2, 0.25) is 11.8 Å². The number of carboxylic acid groups (broad SMARTS) is 1. The number of rotatable bonds is 18. The van der Waals surface area contributed by atoms with E-state index in [1.54, 1.807) is 72.8 Å². The van der Waals surface area contributed by atoms with Crippen LogP contribution in [-0.2, 0) is 16.1 Å². The average molecular weight is 687 g/mol. The highest BCUT2D eigenvalue weighted by Crippen LogP contribution is 2.24. The highest BCUT2D eigenvalue weighted by atomic mass is 16.5. The number of carboxylic acids is 1. The summed E-state index contributed by atoms with van der Waals surface area (Å²) < 4.78 is 11.7. The molecular formula is C41H42N4O6. The standard InChI is InChI=1S/C41H42N4O6/c1-30(42-27-31-14-16-32(17-15-31)41(48)49)9-8-26-45(28-39(46)43-33-18-22-37(23-19-33)50-35-10-4-2-5-11-35)29-40(47)44-34-20-24-38(25-21-34)51-36-12-6-3-7-13-36/h2-7,10-25,30,42H,8-9,26-29H2,1H3,(H,43,46)(H,44,47)(H,48,49). The molecule has 2 amide bonds. The molecule has 10 nitrogen and oxygen atoms in total. The maximum absolute atomic E-state index is 13.2. The summed E-state index contributed by atoms with van der Waals surface area (Å²) in [5, 5.41) is 18.4. The highest BCUT2D eigenvalue weighted by Gasteiger charge is 2.16. The van der Waals surface area contributed by atoms with Crippen molar-refractivity contribution in [2.75, 3.05) is 30.3 Å². The van der Waals surface area contributed by atoms with Crippen LogP contribution in [0.2, 0.25) is 0 Å². The molecule has 0 fully saturated rings. The van der Waals surface area contributed by atoms with Crippen molar-refractivity contribution in [2.45, 2.75) is 32.4 Å². The molecule has 5 aromatic carbocycles. The van der Waals surface area contributed by atoms with E-state index in [1.807, 2.05) is 65.6 Å². The average Bonchev–Trinajstić information content (AvgIpc) is 3.13. The van der Waals surface area contributed by atoms with Gasteiger partial charge >= 0.3 is 5.97 Å². The summed E-state index contributed by atoms with van der Waals surface area (Å²) in [6, 6.07) is 40.1. The molecule has 0 spiro atoms. The number of anilines is 2. The summed E-state index contributed by atoms with van der Waals surface area (Å²) in [4.78, 5) is 39.3. The number of hydrogen-bond acceptors (Lipinski definition) is 7. The van der Waals surface area contributed by atoms with Crippen molar-refractivity contribution in [3.05, 3.63) is 145 Å². The van der Waals surface area contributed by atoms with E-state index in [0.717, 1.165) is 29.9 Å². The smallest absolute Gasteiger partial charge is 0.335 e. The molecule has 51 heavy (non-hydrogen) atoms. The first-order chi connectivity index (χ1) is 24.8. The zero-order valence-electron chi connectivity index (χ0n) is 28.5. The first-order valence-electron chi connectivity index (χ1n) is 16.8. The molecule has 0 aliphatic rings. The third-order valence-electron chi connectivity index (χ3n) is 7.94. The molecule has 4 N–H and O–H groups in total. The Bertz CT molecular complexity index is 1730. The number of carbonyl (C=O) groups excluding carboxylic acids is 2. The van der Waals surface area contributed by atoms with Crippen molar-refractivity contribution in [1.29, 1.82) is 0 Å². The van der Waals surface area contributed by atoms with Gasteiger partial charge in [0.05, 0.1) is 18.7 Å². The highest BCUT2D eigenvalue weighted by molar-refractivity contribution is 5.94. The number of aromatic carboxylic acids is 1. The van der Waals surface area contributed by atoms with Gasteiger partial charge in [-0.1, -0.05) is 48.5 Å². The van der Waals surface area contributed by atoms with Gasteiger partial charge in [-0.15, -0.1) is 0 Å². The molecule has 0 saturated carbocycles. The van der Waals surface area contributed by atoms with Gasteiger partial charge in [-0.05, 0) is 117 Å². The van der Waals surface area contributed by atoms with Crippen molar-refractivity contribution in [3.63, 3.8) is 0 Å². The number of benzene rings is 5. The predicted molar refractivity (Wildman–Crippen MR) is 199 cm³/mol. The lowest BCUT2D eigenvalue weighted by Crippen LogP contribution is -2.39. The number of ether oxygens (including phenoxy) is 2. The van der Waals surface area contributed by atoms with E-state index < -0.39 is 5.97 Å².